The molecule has 1 amide bonds. The van der Waals surface area contributed by atoms with Crippen LogP contribution in [0.15, 0.2) is 30.5 Å². The number of amides is 1. The normalized spacial score (nSPS) is 10.0. The number of anilines is 1. The second kappa shape index (κ2) is 6.01. The molecule has 22 heavy (non-hydrogen) atoms. The molecule has 1 aromatic carbocycles. The number of hydrogen-bond acceptors (Lipinski definition) is 5. The zero-order valence-corrected chi connectivity index (χ0v) is 11.9. The van der Waals surface area contributed by atoms with Gasteiger partial charge in [0.15, 0.2) is 5.69 Å². The highest BCUT2D eigenvalue weighted by Crippen LogP contribution is 2.25. The van der Waals surface area contributed by atoms with Gasteiger partial charge in [-0.25, -0.2) is 4.79 Å². The van der Waals surface area contributed by atoms with Gasteiger partial charge in [0.1, 0.15) is 6.07 Å². The molecule has 0 saturated carbocycles. The van der Waals surface area contributed by atoms with E-state index in [9.17, 15) is 9.59 Å². The number of primary amides is 1. The van der Waals surface area contributed by atoms with E-state index >= 15 is 0 Å². The van der Waals surface area contributed by atoms with Crippen molar-refractivity contribution in [2.45, 2.75) is 6.42 Å². The number of nitrogens with two attached hydrogens (primary N) is 2. The molecule has 0 aliphatic carbocycles. The number of nitrogens with zero attached hydrogens (tertiary/aromatic N) is 2. The van der Waals surface area contributed by atoms with Crippen LogP contribution in [-0.2, 0) is 16.0 Å². The number of hydrogen-bond donors (Lipinski definition) is 2. The number of ether oxygens (including phenoxy) is 1. The number of aromatic nitrogens is 1. The largest absolute Gasteiger partial charge is 0.464 e. The Kier molecular flexibility index (Phi) is 4.13. The first-order valence-electron chi connectivity index (χ1n) is 6.34. The van der Waals surface area contributed by atoms with E-state index in [0.717, 1.165) is 0 Å². The van der Waals surface area contributed by atoms with Crippen LogP contribution >= 0.6 is 0 Å². The van der Waals surface area contributed by atoms with Crippen LogP contribution in [0, 0.1) is 11.3 Å². The number of nitriles is 1. The molecule has 0 aliphatic heterocycles. The molecule has 1 aromatic heterocycles. The molecular formula is C15H14N4O3. The molecule has 2 rings (SSSR count). The van der Waals surface area contributed by atoms with E-state index in [1.807, 2.05) is 6.07 Å². The second-order valence-corrected chi connectivity index (χ2v) is 4.59. The minimum absolute atomic E-state index is 0.0506. The van der Waals surface area contributed by atoms with Crippen LogP contribution in [0.5, 0.6) is 0 Å². The summed E-state index contributed by atoms with van der Waals surface area (Å²) in [6, 6.07) is 8.80. The fraction of sp³-hybridized carbons (Fsp3) is 0.133. The number of benzene rings is 1. The Bertz CT molecular complexity index is 787. The number of esters is 1. The second-order valence-electron chi connectivity index (χ2n) is 4.59. The molecule has 7 nitrogen and oxygen atoms in total. The molecule has 0 fully saturated rings. The molecule has 0 spiro atoms. The van der Waals surface area contributed by atoms with Gasteiger partial charge in [0.2, 0.25) is 5.91 Å². The molecule has 112 valence electrons. The summed E-state index contributed by atoms with van der Waals surface area (Å²) in [4.78, 5) is 22.9. The molecule has 2 aromatic rings. The Balaban J connectivity index is 2.60. The number of rotatable bonds is 4. The first-order valence-corrected chi connectivity index (χ1v) is 6.34. The maximum Gasteiger partial charge on any atom is 0.357 e. The highest BCUT2D eigenvalue weighted by Gasteiger charge is 2.21. The Hall–Kier alpha value is -3.27. The third-order valence-corrected chi connectivity index (χ3v) is 3.11. The van der Waals surface area contributed by atoms with Crippen LogP contribution in [-0.4, -0.2) is 23.6 Å². The summed E-state index contributed by atoms with van der Waals surface area (Å²) in [7, 11) is 1.23. The molecule has 4 N–H and O–H groups in total. The monoisotopic (exact) mass is 298 g/mol. The zero-order valence-electron chi connectivity index (χ0n) is 11.9. The van der Waals surface area contributed by atoms with Gasteiger partial charge in [0.05, 0.1) is 24.8 Å². The summed E-state index contributed by atoms with van der Waals surface area (Å²) in [6.45, 7) is 0. The van der Waals surface area contributed by atoms with Gasteiger partial charge in [-0.2, -0.15) is 5.26 Å². The van der Waals surface area contributed by atoms with E-state index in [2.05, 4.69) is 0 Å². The Morgan fingerprint density at radius 1 is 1.41 bits per heavy atom. The molecule has 0 atom stereocenters. The summed E-state index contributed by atoms with van der Waals surface area (Å²) >= 11 is 0. The van der Waals surface area contributed by atoms with Crippen molar-refractivity contribution in [3.8, 4) is 11.8 Å². The number of nitrogen functional groups attached to an aromatic ring is 1. The first kappa shape index (κ1) is 15.1. The quantitative estimate of drug-likeness (QED) is 0.806. The highest BCUT2D eigenvalue weighted by atomic mass is 16.5. The minimum Gasteiger partial charge on any atom is -0.464 e. The van der Waals surface area contributed by atoms with Crippen molar-refractivity contribution in [1.82, 2.24) is 4.57 Å². The third-order valence-electron chi connectivity index (χ3n) is 3.11. The van der Waals surface area contributed by atoms with Crippen LogP contribution < -0.4 is 11.5 Å². The van der Waals surface area contributed by atoms with Gasteiger partial charge >= 0.3 is 5.97 Å². The van der Waals surface area contributed by atoms with E-state index in [1.165, 1.54) is 17.9 Å². The molecule has 0 aliphatic rings. The van der Waals surface area contributed by atoms with Crippen molar-refractivity contribution < 1.29 is 14.3 Å². The van der Waals surface area contributed by atoms with E-state index in [1.54, 1.807) is 24.3 Å². The van der Waals surface area contributed by atoms with Gasteiger partial charge in [0, 0.05) is 11.9 Å². The van der Waals surface area contributed by atoms with Gasteiger partial charge < -0.3 is 20.8 Å². The van der Waals surface area contributed by atoms with Crippen LogP contribution in [0.1, 0.15) is 21.6 Å². The topological polar surface area (TPSA) is 124 Å². The van der Waals surface area contributed by atoms with Gasteiger partial charge in [-0.05, 0) is 17.7 Å². The number of carbonyl (C=O) groups excluding carboxylic acids is 2. The third kappa shape index (κ3) is 2.76. The summed E-state index contributed by atoms with van der Waals surface area (Å²) in [6.07, 6.45) is 1.52. The van der Waals surface area contributed by atoms with Crippen molar-refractivity contribution in [3.63, 3.8) is 0 Å². The smallest absolute Gasteiger partial charge is 0.357 e. The van der Waals surface area contributed by atoms with Crippen LogP contribution in [0.25, 0.3) is 5.69 Å². The van der Waals surface area contributed by atoms with Crippen LogP contribution in [0.3, 0.4) is 0 Å². The summed E-state index contributed by atoms with van der Waals surface area (Å²) in [5, 5.41) is 9.07. The van der Waals surface area contributed by atoms with E-state index in [0.29, 0.717) is 11.3 Å². The summed E-state index contributed by atoms with van der Waals surface area (Å²) in [5.74, 6) is -1.12. The van der Waals surface area contributed by atoms with Gasteiger partial charge in [-0.15, -0.1) is 0 Å². The lowest BCUT2D eigenvalue weighted by atomic mass is 10.1. The van der Waals surface area contributed by atoms with E-state index < -0.39 is 11.9 Å². The SMILES string of the molecule is COC(=O)c1c(N)c(C#N)cn1-c1cccc(CC(N)=O)c1. The summed E-state index contributed by atoms with van der Waals surface area (Å²) in [5.41, 5.74) is 12.6. The lowest BCUT2D eigenvalue weighted by Crippen LogP contribution is -2.14. The van der Waals surface area contributed by atoms with Crippen molar-refractivity contribution >= 4 is 17.6 Å². The number of carbonyl (C=O) groups is 2. The maximum atomic E-state index is 11.9. The minimum atomic E-state index is -0.653. The van der Waals surface area contributed by atoms with Crippen molar-refractivity contribution in [2.24, 2.45) is 5.73 Å². The highest BCUT2D eigenvalue weighted by molar-refractivity contribution is 5.96. The molecule has 1 heterocycles. The average Bonchev–Trinajstić information content (AvgIpc) is 2.83. The molecule has 7 heteroatoms. The van der Waals surface area contributed by atoms with E-state index in [4.69, 9.17) is 21.5 Å². The maximum absolute atomic E-state index is 11.9. The molecule has 0 bridgehead atoms. The Morgan fingerprint density at radius 3 is 2.73 bits per heavy atom. The lowest BCUT2D eigenvalue weighted by Gasteiger charge is -2.09. The Labute approximate surface area is 126 Å². The fourth-order valence-electron chi connectivity index (χ4n) is 2.14. The summed E-state index contributed by atoms with van der Waals surface area (Å²) < 4.78 is 6.17. The van der Waals surface area contributed by atoms with Crippen molar-refractivity contribution in [2.75, 3.05) is 12.8 Å². The number of methoxy groups -OCH3 is 1. The van der Waals surface area contributed by atoms with Gasteiger partial charge in [-0.3, -0.25) is 4.79 Å². The first-order chi connectivity index (χ1) is 10.5. The van der Waals surface area contributed by atoms with E-state index in [-0.39, 0.29) is 23.4 Å². The van der Waals surface area contributed by atoms with Crippen molar-refractivity contribution in [1.29, 1.82) is 5.26 Å². The molecular weight excluding hydrogens is 284 g/mol. The van der Waals surface area contributed by atoms with Gasteiger partial charge in [0.25, 0.3) is 0 Å². The lowest BCUT2D eigenvalue weighted by molar-refractivity contribution is -0.117. The van der Waals surface area contributed by atoms with Gasteiger partial charge in [-0.1, -0.05) is 12.1 Å². The Morgan fingerprint density at radius 2 is 2.14 bits per heavy atom. The molecule has 0 unspecified atom stereocenters. The predicted octanol–water partition coefficient (Wildman–Crippen LogP) is 0.746. The van der Waals surface area contributed by atoms with Crippen LogP contribution in [0.4, 0.5) is 5.69 Å². The standard InChI is InChI=1S/C15H14N4O3/c1-22-15(21)14-13(18)10(7-16)8-19(14)11-4-2-3-9(5-11)6-12(17)20/h2-5,8H,6,18H2,1H3,(H2,17,20). The average molecular weight is 298 g/mol. The predicted molar refractivity (Wildman–Crippen MR) is 79.1 cm³/mol. The van der Waals surface area contributed by atoms with Crippen molar-refractivity contribution in [3.05, 3.63) is 47.3 Å². The zero-order chi connectivity index (χ0) is 16.3. The fourth-order valence-corrected chi connectivity index (χ4v) is 2.14. The van der Waals surface area contributed by atoms with Crippen LogP contribution in [0.2, 0.25) is 0 Å². The molecule has 0 saturated heterocycles. The molecule has 0 radical (unpaired) electrons.